The van der Waals surface area contributed by atoms with Crippen LogP contribution in [0.1, 0.15) is 51.5 Å². The first-order chi connectivity index (χ1) is 11.0. The normalized spacial score (nSPS) is 19.6. The molecule has 128 valence electrons. The lowest BCUT2D eigenvalue weighted by Gasteiger charge is -2.43. The van der Waals surface area contributed by atoms with Crippen LogP contribution in [0.5, 0.6) is 0 Å². The van der Waals surface area contributed by atoms with Crippen LogP contribution in [-0.2, 0) is 11.3 Å². The molecule has 1 fully saturated rings. The van der Waals surface area contributed by atoms with Crippen molar-refractivity contribution in [1.82, 2.24) is 10.6 Å². The van der Waals surface area contributed by atoms with Crippen molar-refractivity contribution < 1.29 is 9.53 Å². The number of carbonyl (C=O) groups excluding carboxylic acids is 1. The predicted octanol–water partition coefficient (Wildman–Crippen LogP) is 3.86. The highest BCUT2D eigenvalue weighted by molar-refractivity contribution is 5.67. The molecule has 1 saturated carbocycles. The molecule has 0 aromatic heterocycles. The Labute approximate surface area is 140 Å². The molecule has 1 aromatic carbocycles. The minimum absolute atomic E-state index is 0.0337. The minimum Gasteiger partial charge on any atom is -0.445 e. The van der Waals surface area contributed by atoms with Gasteiger partial charge in [0.2, 0.25) is 0 Å². The minimum atomic E-state index is -0.346. The van der Waals surface area contributed by atoms with Gasteiger partial charge in [-0.15, -0.1) is 0 Å². The van der Waals surface area contributed by atoms with Crippen LogP contribution in [0.15, 0.2) is 30.3 Å². The smallest absolute Gasteiger partial charge is 0.407 e. The molecule has 23 heavy (non-hydrogen) atoms. The predicted molar refractivity (Wildman–Crippen MR) is 93.3 cm³/mol. The maximum atomic E-state index is 12.1. The number of benzene rings is 1. The number of ether oxygens (including phenoxy) is 1. The first kappa shape index (κ1) is 17.8. The first-order valence-corrected chi connectivity index (χ1v) is 8.69. The summed E-state index contributed by atoms with van der Waals surface area (Å²) < 4.78 is 5.34. The van der Waals surface area contributed by atoms with Gasteiger partial charge in [-0.25, -0.2) is 4.79 Å². The van der Waals surface area contributed by atoms with Gasteiger partial charge in [0.05, 0.1) is 0 Å². The van der Waals surface area contributed by atoms with E-state index in [9.17, 15) is 4.79 Å². The van der Waals surface area contributed by atoms with Gasteiger partial charge in [0.1, 0.15) is 6.61 Å². The summed E-state index contributed by atoms with van der Waals surface area (Å²) in [6, 6.07) is 10.0. The van der Waals surface area contributed by atoms with Gasteiger partial charge in [0, 0.05) is 12.1 Å². The number of amides is 1. The zero-order chi connectivity index (χ0) is 16.7. The van der Waals surface area contributed by atoms with Crippen LogP contribution in [0.25, 0.3) is 0 Å². The summed E-state index contributed by atoms with van der Waals surface area (Å²) in [6.07, 6.45) is 5.96. The molecule has 0 aliphatic heterocycles. The quantitative estimate of drug-likeness (QED) is 0.837. The standard InChI is InChI=1S/C19H30N2O2/c1-15(17(20-3)19(2)12-8-5-9-13-19)21-18(22)23-14-16-10-6-4-7-11-16/h4,6-7,10-11,15,17,20H,5,8-9,12-14H2,1-3H3,(H,21,22). The summed E-state index contributed by atoms with van der Waals surface area (Å²) in [7, 11) is 1.98. The van der Waals surface area contributed by atoms with Crippen molar-refractivity contribution in [2.45, 2.75) is 64.6 Å². The van der Waals surface area contributed by atoms with Crippen molar-refractivity contribution in [3.05, 3.63) is 35.9 Å². The van der Waals surface area contributed by atoms with Crippen LogP contribution >= 0.6 is 0 Å². The van der Waals surface area contributed by atoms with E-state index in [0.29, 0.717) is 6.61 Å². The third-order valence-corrected chi connectivity index (χ3v) is 5.12. The van der Waals surface area contributed by atoms with E-state index in [1.54, 1.807) is 0 Å². The zero-order valence-corrected chi connectivity index (χ0v) is 14.6. The molecule has 2 N–H and O–H groups in total. The monoisotopic (exact) mass is 318 g/mol. The van der Waals surface area contributed by atoms with E-state index in [0.717, 1.165) is 5.56 Å². The third-order valence-electron chi connectivity index (χ3n) is 5.12. The molecule has 2 rings (SSSR count). The Morgan fingerprint density at radius 2 is 1.87 bits per heavy atom. The lowest BCUT2D eigenvalue weighted by atomic mass is 9.68. The average Bonchev–Trinajstić information content (AvgIpc) is 2.55. The molecular formula is C19H30N2O2. The Hall–Kier alpha value is -1.55. The molecule has 1 aliphatic carbocycles. The number of likely N-dealkylation sites (N-methyl/N-ethyl adjacent to an activating group) is 1. The summed E-state index contributed by atoms with van der Waals surface area (Å²) >= 11 is 0. The Morgan fingerprint density at radius 3 is 2.48 bits per heavy atom. The van der Waals surface area contributed by atoms with Gasteiger partial charge < -0.3 is 15.4 Å². The highest BCUT2D eigenvalue weighted by atomic mass is 16.5. The Balaban J connectivity index is 1.86. The largest absolute Gasteiger partial charge is 0.445 e. The summed E-state index contributed by atoms with van der Waals surface area (Å²) in [5.74, 6) is 0. The lowest BCUT2D eigenvalue weighted by Crippen LogP contribution is -2.55. The summed E-state index contributed by atoms with van der Waals surface area (Å²) in [5.41, 5.74) is 1.23. The van der Waals surface area contributed by atoms with Crippen LogP contribution in [0.2, 0.25) is 0 Å². The number of nitrogens with one attached hydrogen (secondary N) is 2. The molecular weight excluding hydrogens is 288 g/mol. The maximum Gasteiger partial charge on any atom is 0.407 e. The van der Waals surface area contributed by atoms with Gasteiger partial charge in [-0.3, -0.25) is 0 Å². The van der Waals surface area contributed by atoms with Crippen molar-refractivity contribution in [2.24, 2.45) is 5.41 Å². The summed E-state index contributed by atoms with van der Waals surface area (Å²) in [5, 5.41) is 6.42. The van der Waals surface area contributed by atoms with Gasteiger partial charge in [0.25, 0.3) is 0 Å². The van der Waals surface area contributed by atoms with Crippen molar-refractivity contribution in [3.8, 4) is 0 Å². The Bertz CT molecular complexity index is 483. The van der Waals surface area contributed by atoms with E-state index in [4.69, 9.17) is 4.74 Å². The van der Waals surface area contributed by atoms with E-state index in [2.05, 4.69) is 24.5 Å². The van der Waals surface area contributed by atoms with E-state index < -0.39 is 0 Å². The number of alkyl carbamates (subject to hydrolysis) is 1. The van der Waals surface area contributed by atoms with Gasteiger partial charge in [-0.05, 0) is 37.8 Å². The van der Waals surface area contributed by atoms with E-state index >= 15 is 0 Å². The zero-order valence-electron chi connectivity index (χ0n) is 14.6. The van der Waals surface area contributed by atoms with E-state index in [1.165, 1.54) is 32.1 Å². The molecule has 0 saturated heterocycles. The molecule has 0 heterocycles. The number of rotatable bonds is 6. The molecule has 0 spiro atoms. The Kier molecular flexibility index (Phi) is 6.46. The molecule has 2 atom stereocenters. The van der Waals surface area contributed by atoms with E-state index in [1.807, 2.05) is 37.4 Å². The highest BCUT2D eigenvalue weighted by Crippen LogP contribution is 2.39. The second-order valence-corrected chi connectivity index (χ2v) is 6.98. The topological polar surface area (TPSA) is 50.4 Å². The van der Waals surface area contributed by atoms with Crippen molar-refractivity contribution >= 4 is 6.09 Å². The molecule has 0 radical (unpaired) electrons. The number of hydrogen-bond donors (Lipinski definition) is 2. The molecule has 4 heteroatoms. The molecule has 1 aromatic rings. The summed E-state index contributed by atoms with van der Waals surface area (Å²) in [6.45, 7) is 4.70. The van der Waals surface area contributed by atoms with Crippen molar-refractivity contribution in [2.75, 3.05) is 7.05 Å². The fraction of sp³-hybridized carbons (Fsp3) is 0.632. The molecule has 2 unspecified atom stereocenters. The summed E-state index contributed by atoms with van der Waals surface area (Å²) in [4.78, 5) is 12.1. The molecule has 1 aliphatic rings. The Morgan fingerprint density at radius 1 is 1.22 bits per heavy atom. The number of hydrogen-bond acceptors (Lipinski definition) is 3. The second kappa shape index (κ2) is 8.34. The van der Waals surface area contributed by atoms with Crippen LogP contribution in [0, 0.1) is 5.41 Å². The maximum absolute atomic E-state index is 12.1. The lowest BCUT2D eigenvalue weighted by molar-refractivity contribution is 0.107. The SMILES string of the molecule is CNC(C(C)NC(=O)OCc1ccccc1)C1(C)CCCCC1. The van der Waals surface area contributed by atoms with Crippen molar-refractivity contribution in [3.63, 3.8) is 0 Å². The molecule has 0 bridgehead atoms. The second-order valence-electron chi connectivity index (χ2n) is 6.98. The van der Waals surface area contributed by atoms with Crippen LogP contribution < -0.4 is 10.6 Å². The average molecular weight is 318 g/mol. The fourth-order valence-electron chi connectivity index (χ4n) is 3.91. The van der Waals surface area contributed by atoms with Crippen LogP contribution in [0.4, 0.5) is 4.79 Å². The highest BCUT2D eigenvalue weighted by Gasteiger charge is 2.38. The first-order valence-electron chi connectivity index (χ1n) is 8.69. The van der Waals surface area contributed by atoms with Crippen molar-refractivity contribution in [1.29, 1.82) is 0 Å². The third kappa shape index (κ3) is 4.96. The van der Waals surface area contributed by atoms with E-state index in [-0.39, 0.29) is 23.6 Å². The van der Waals surface area contributed by atoms with Gasteiger partial charge in [0.15, 0.2) is 0 Å². The fourth-order valence-corrected chi connectivity index (χ4v) is 3.91. The van der Waals surface area contributed by atoms with Crippen LogP contribution in [0.3, 0.4) is 0 Å². The molecule has 4 nitrogen and oxygen atoms in total. The molecule has 1 amide bonds. The van der Waals surface area contributed by atoms with Gasteiger partial charge in [-0.1, -0.05) is 56.5 Å². The van der Waals surface area contributed by atoms with Crippen LogP contribution in [-0.4, -0.2) is 25.2 Å². The number of carbonyl (C=O) groups is 1. The van der Waals surface area contributed by atoms with Gasteiger partial charge in [-0.2, -0.15) is 0 Å². The van der Waals surface area contributed by atoms with Gasteiger partial charge >= 0.3 is 6.09 Å².